The Balaban J connectivity index is 2.65. The lowest BCUT2D eigenvalue weighted by Gasteiger charge is -2.21. The maximum atomic E-state index is 10.8. The highest BCUT2D eigenvalue weighted by atomic mass is 16.4. The van der Waals surface area contributed by atoms with Crippen molar-refractivity contribution in [2.45, 2.75) is 25.8 Å². The third kappa shape index (κ3) is 1.85. The summed E-state index contributed by atoms with van der Waals surface area (Å²) in [6, 6.07) is -0.268. The highest BCUT2D eigenvalue weighted by molar-refractivity contribution is 5.71. The smallest absolute Gasteiger partial charge is 0.308 e. The van der Waals surface area contributed by atoms with Gasteiger partial charge >= 0.3 is 5.97 Å². The molecule has 0 aliphatic heterocycles. The average molecular weight is 169 g/mol. The number of carboxylic acid groups (broad SMARTS) is 1. The summed E-state index contributed by atoms with van der Waals surface area (Å²) < 4.78 is 0. The van der Waals surface area contributed by atoms with E-state index in [2.05, 4.69) is 0 Å². The van der Waals surface area contributed by atoms with Crippen LogP contribution in [0.5, 0.6) is 0 Å². The summed E-state index contributed by atoms with van der Waals surface area (Å²) >= 11 is 0. The summed E-state index contributed by atoms with van der Waals surface area (Å²) in [5.74, 6) is -1.05. The summed E-state index contributed by atoms with van der Waals surface area (Å²) in [5, 5.41) is 8.89. The second-order valence-corrected chi connectivity index (χ2v) is 3.39. The van der Waals surface area contributed by atoms with Crippen LogP contribution in [0.1, 0.15) is 19.8 Å². The van der Waals surface area contributed by atoms with Crippen LogP contribution in [-0.2, 0) is 4.79 Å². The van der Waals surface area contributed by atoms with Crippen LogP contribution in [0.4, 0.5) is 0 Å². The lowest BCUT2D eigenvalue weighted by molar-refractivity contribution is -0.143. The van der Waals surface area contributed by atoms with Crippen LogP contribution >= 0.6 is 0 Å². The highest BCUT2D eigenvalue weighted by Crippen LogP contribution is 2.27. The topological polar surface area (TPSA) is 63.3 Å². The van der Waals surface area contributed by atoms with Crippen LogP contribution in [0.3, 0.4) is 0 Å². The van der Waals surface area contributed by atoms with Gasteiger partial charge in [-0.3, -0.25) is 4.79 Å². The summed E-state index contributed by atoms with van der Waals surface area (Å²) in [6.45, 7) is 1.75. The van der Waals surface area contributed by atoms with Crippen molar-refractivity contribution in [3.63, 3.8) is 0 Å². The molecule has 12 heavy (non-hydrogen) atoms. The molecule has 1 unspecified atom stereocenters. The molecule has 3 heteroatoms. The van der Waals surface area contributed by atoms with Crippen LogP contribution in [0.25, 0.3) is 0 Å². The van der Waals surface area contributed by atoms with Crippen molar-refractivity contribution in [1.29, 1.82) is 0 Å². The van der Waals surface area contributed by atoms with Crippen molar-refractivity contribution in [1.82, 2.24) is 0 Å². The van der Waals surface area contributed by atoms with E-state index in [4.69, 9.17) is 10.8 Å². The fraction of sp³-hybridized carbons (Fsp3) is 0.667. The Morgan fingerprint density at radius 1 is 1.75 bits per heavy atom. The minimum Gasteiger partial charge on any atom is -0.481 e. The van der Waals surface area contributed by atoms with E-state index in [1.807, 2.05) is 12.2 Å². The number of carboxylic acids is 1. The van der Waals surface area contributed by atoms with Gasteiger partial charge in [0.25, 0.3) is 0 Å². The van der Waals surface area contributed by atoms with Gasteiger partial charge in [0.1, 0.15) is 0 Å². The number of carbonyl (C=O) groups is 1. The molecule has 0 aromatic carbocycles. The minimum absolute atomic E-state index is 0.141. The third-order valence-corrected chi connectivity index (χ3v) is 2.36. The molecule has 0 saturated heterocycles. The second kappa shape index (κ2) is 3.72. The van der Waals surface area contributed by atoms with E-state index in [1.165, 1.54) is 0 Å². The molecule has 0 fully saturated rings. The molecule has 3 N–H and O–H groups in total. The van der Waals surface area contributed by atoms with Crippen LogP contribution < -0.4 is 5.73 Å². The van der Waals surface area contributed by atoms with Crippen molar-refractivity contribution < 1.29 is 9.90 Å². The zero-order valence-corrected chi connectivity index (χ0v) is 7.23. The highest BCUT2D eigenvalue weighted by Gasteiger charge is 2.30. The number of nitrogens with two attached hydrogens (primary N) is 1. The summed E-state index contributed by atoms with van der Waals surface area (Å²) in [7, 11) is 0. The van der Waals surface area contributed by atoms with E-state index in [1.54, 1.807) is 6.92 Å². The Kier molecular flexibility index (Phi) is 2.87. The molecule has 1 rings (SSSR count). The molecule has 0 spiro atoms. The number of hydrogen-bond acceptors (Lipinski definition) is 2. The Hall–Kier alpha value is -0.830. The lowest BCUT2D eigenvalue weighted by atomic mass is 9.87. The number of aliphatic carboxylic acids is 1. The van der Waals surface area contributed by atoms with E-state index in [-0.39, 0.29) is 12.0 Å². The summed E-state index contributed by atoms with van der Waals surface area (Å²) in [4.78, 5) is 10.8. The van der Waals surface area contributed by atoms with Crippen LogP contribution in [0, 0.1) is 11.8 Å². The predicted molar refractivity (Wildman–Crippen MR) is 46.6 cm³/mol. The summed E-state index contributed by atoms with van der Waals surface area (Å²) in [6.07, 6.45) is 5.92. The van der Waals surface area contributed by atoms with Crippen molar-refractivity contribution in [3.05, 3.63) is 12.2 Å². The molecule has 0 heterocycles. The van der Waals surface area contributed by atoms with Gasteiger partial charge in [-0.25, -0.2) is 0 Å². The molecule has 0 saturated carbocycles. The zero-order valence-electron chi connectivity index (χ0n) is 7.23. The van der Waals surface area contributed by atoms with E-state index in [0.717, 1.165) is 12.8 Å². The van der Waals surface area contributed by atoms with Crippen molar-refractivity contribution in [2.75, 3.05) is 0 Å². The van der Waals surface area contributed by atoms with Gasteiger partial charge in [-0.05, 0) is 25.7 Å². The van der Waals surface area contributed by atoms with Gasteiger partial charge < -0.3 is 10.8 Å². The van der Waals surface area contributed by atoms with Crippen molar-refractivity contribution in [3.8, 4) is 0 Å². The molecule has 0 radical (unpaired) electrons. The fourth-order valence-electron chi connectivity index (χ4n) is 1.75. The maximum absolute atomic E-state index is 10.8. The standard InChI is InChI=1S/C9H15NO2/c1-6(10)8(9(11)12)7-4-2-3-5-7/h2,4,6-8H,3,5,10H2,1H3,(H,11,12)/t6-,7?,8-/m1/s1. The van der Waals surface area contributed by atoms with Gasteiger partial charge in [0, 0.05) is 6.04 Å². The molecule has 0 aromatic rings. The number of rotatable bonds is 3. The third-order valence-electron chi connectivity index (χ3n) is 2.36. The first-order valence-corrected chi connectivity index (χ1v) is 4.28. The second-order valence-electron chi connectivity index (χ2n) is 3.39. The summed E-state index contributed by atoms with van der Waals surface area (Å²) in [5.41, 5.74) is 5.60. The maximum Gasteiger partial charge on any atom is 0.308 e. The first-order valence-electron chi connectivity index (χ1n) is 4.28. The molecule has 68 valence electrons. The molecule has 0 aromatic heterocycles. The Bertz CT molecular complexity index is 199. The molecule has 1 aliphatic rings. The van der Waals surface area contributed by atoms with Gasteiger partial charge in [-0.15, -0.1) is 0 Å². The van der Waals surface area contributed by atoms with Gasteiger partial charge in [0.05, 0.1) is 5.92 Å². The predicted octanol–water partition coefficient (Wildman–Crippen LogP) is 1.00. The van der Waals surface area contributed by atoms with E-state index in [9.17, 15) is 4.79 Å². The molecular formula is C9H15NO2. The van der Waals surface area contributed by atoms with Gasteiger partial charge in [0.15, 0.2) is 0 Å². The molecular weight excluding hydrogens is 154 g/mol. The normalized spacial score (nSPS) is 27.0. The van der Waals surface area contributed by atoms with E-state index >= 15 is 0 Å². The minimum atomic E-state index is -0.776. The SMILES string of the molecule is C[C@@H](N)[C@@H](C(=O)O)C1C=CCC1. The molecule has 1 aliphatic carbocycles. The van der Waals surface area contributed by atoms with Gasteiger partial charge in [0.2, 0.25) is 0 Å². The Labute approximate surface area is 72.3 Å². The van der Waals surface area contributed by atoms with Crippen LogP contribution in [0.2, 0.25) is 0 Å². The lowest BCUT2D eigenvalue weighted by Crippen LogP contribution is -2.37. The van der Waals surface area contributed by atoms with Crippen molar-refractivity contribution in [2.24, 2.45) is 17.6 Å². The van der Waals surface area contributed by atoms with Crippen LogP contribution in [0.15, 0.2) is 12.2 Å². The fourth-order valence-corrected chi connectivity index (χ4v) is 1.75. The number of allylic oxidation sites excluding steroid dienone is 2. The van der Waals surface area contributed by atoms with Crippen molar-refractivity contribution >= 4 is 5.97 Å². The van der Waals surface area contributed by atoms with Gasteiger partial charge in [-0.2, -0.15) is 0 Å². The first-order chi connectivity index (χ1) is 5.63. The Morgan fingerprint density at radius 3 is 2.75 bits per heavy atom. The quantitative estimate of drug-likeness (QED) is 0.619. The monoisotopic (exact) mass is 169 g/mol. The molecule has 3 atom stereocenters. The largest absolute Gasteiger partial charge is 0.481 e. The first kappa shape index (κ1) is 9.26. The molecule has 3 nitrogen and oxygen atoms in total. The van der Waals surface area contributed by atoms with E-state index < -0.39 is 11.9 Å². The molecule has 0 bridgehead atoms. The van der Waals surface area contributed by atoms with Gasteiger partial charge in [-0.1, -0.05) is 12.2 Å². The Morgan fingerprint density at radius 2 is 2.42 bits per heavy atom. The van der Waals surface area contributed by atoms with E-state index in [0.29, 0.717) is 0 Å². The van der Waals surface area contributed by atoms with Crippen LogP contribution in [-0.4, -0.2) is 17.1 Å². The molecule has 0 amide bonds. The number of hydrogen-bond donors (Lipinski definition) is 2. The zero-order chi connectivity index (χ0) is 9.14. The average Bonchev–Trinajstić information content (AvgIpc) is 2.37.